The molecule has 30 heavy (non-hydrogen) atoms. The number of carboxylic acid groups (broad SMARTS) is 1. The Morgan fingerprint density at radius 1 is 1.13 bits per heavy atom. The van der Waals surface area contributed by atoms with Crippen LogP contribution in [-0.2, 0) is 19.2 Å². The predicted molar refractivity (Wildman–Crippen MR) is 116 cm³/mol. The van der Waals surface area contributed by atoms with Crippen LogP contribution in [0.4, 0.5) is 0 Å². The van der Waals surface area contributed by atoms with Gasteiger partial charge >= 0.3 is 5.97 Å². The van der Waals surface area contributed by atoms with E-state index in [4.69, 9.17) is 17.2 Å². The van der Waals surface area contributed by atoms with E-state index < -0.39 is 48.4 Å². The molecular weight excluding hydrogens is 414 g/mol. The molecule has 0 saturated carbocycles. The molecular formula is C17H33N7O5S. The third-order valence-electron chi connectivity index (χ3n) is 4.33. The third kappa shape index (κ3) is 10.9. The second kappa shape index (κ2) is 14.4. The fourth-order valence-corrected chi connectivity index (χ4v) is 2.49. The summed E-state index contributed by atoms with van der Waals surface area (Å²) >= 11 is 3.95. The van der Waals surface area contributed by atoms with Crippen molar-refractivity contribution >= 4 is 42.3 Å². The Morgan fingerprint density at radius 3 is 2.27 bits per heavy atom. The predicted octanol–water partition coefficient (Wildman–Crippen LogP) is -2.49. The fraction of sp³-hybridized carbons (Fsp3) is 0.706. The molecule has 4 unspecified atom stereocenters. The van der Waals surface area contributed by atoms with Crippen molar-refractivity contribution in [3.8, 4) is 0 Å². The van der Waals surface area contributed by atoms with Gasteiger partial charge in [0.25, 0.3) is 0 Å². The molecule has 0 aromatic rings. The number of carboxylic acids is 1. The zero-order valence-corrected chi connectivity index (χ0v) is 18.2. The van der Waals surface area contributed by atoms with Crippen molar-refractivity contribution in [3.63, 3.8) is 0 Å². The summed E-state index contributed by atoms with van der Waals surface area (Å²) in [7, 11) is 0. The number of carbonyl (C=O) groups is 4. The van der Waals surface area contributed by atoms with Crippen LogP contribution in [0.1, 0.15) is 33.1 Å². The summed E-state index contributed by atoms with van der Waals surface area (Å²) in [4.78, 5) is 51.6. The van der Waals surface area contributed by atoms with Gasteiger partial charge in [-0.05, 0) is 18.8 Å². The molecule has 172 valence electrons. The zero-order valence-electron chi connectivity index (χ0n) is 17.3. The Labute approximate surface area is 181 Å². The Balaban J connectivity index is 4.76. The number of aliphatic imine (C=N–C) groups is 1. The van der Waals surface area contributed by atoms with E-state index in [1.807, 2.05) is 6.92 Å². The summed E-state index contributed by atoms with van der Waals surface area (Å²) in [5, 5.41) is 16.5. The molecule has 0 aliphatic rings. The lowest BCUT2D eigenvalue weighted by atomic mass is 9.98. The molecule has 0 aliphatic heterocycles. The highest BCUT2D eigenvalue weighted by Gasteiger charge is 2.28. The van der Waals surface area contributed by atoms with Crippen LogP contribution in [0.2, 0.25) is 0 Å². The summed E-state index contributed by atoms with van der Waals surface area (Å²) in [5.74, 6) is -3.20. The minimum absolute atomic E-state index is 0.105. The minimum atomic E-state index is -1.22. The maximum atomic E-state index is 12.5. The van der Waals surface area contributed by atoms with Crippen molar-refractivity contribution in [2.45, 2.75) is 51.2 Å². The van der Waals surface area contributed by atoms with Crippen LogP contribution >= 0.6 is 12.6 Å². The Kier molecular flexibility index (Phi) is 13.2. The molecule has 12 nitrogen and oxygen atoms in total. The first-order valence-electron chi connectivity index (χ1n) is 9.55. The molecule has 0 saturated heterocycles. The molecule has 0 fully saturated rings. The minimum Gasteiger partial charge on any atom is -0.480 e. The lowest BCUT2D eigenvalue weighted by Gasteiger charge is -2.24. The first-order chi connectivity index (χ1) is 14.0. The van der Waals surface area contributed by atoms with Crippen LogP contribution in [0.25, 0.3) is 0 Å². The van der Waals surface area contributed by atoms with Crippen molar-refractivity contribution in [2.24, 2.45) is 28.1 Å². The number of nitrogens with two attached hydrogens (primary N) is 3. The number of guanidine groups is 1. The SMILES string of the molecule is CCC(C)C(NC(=O)C(N)CS)C(=O)NCC(=O)NC(CCCN=C(N)N)C(=O)O. The Bertz CT molecular complexity index is 628. The summed E-state index contributed by atoms with van der Waals surface area (Å²) in [6.45, 7) is 3.40. The van der Waals surface area contributed by atoms with Gasteiger partial charge in [0, 0.05) is 12.3 Å². The average molecular weight is 448 g/mol. The van der Waals surface area contributed by atoms with Gasteiger partial charge in [-0.25, -0.2) is 4.79 Å². The molecule has 4 atom stereocenters. The third-order valence-corrected chi connectivity index (χ3v) is 4.72. The van der Waals surface area contributed by atoms with Crippen molar-refractivity contribution in [1.29, 1.82) is 0 Å². The van der Waals surface area contributed by atoms with Crippen molar-refractivity contribution < 1.29 is 24.3 Å². The largest absolute Gasteiger partial charge is 0.480 e. The normalized spacial score (nSPS) is 14.5. The molecule has 13 heteroatoms. The average Bonchev–Trinajstić information content (AvgIpc) is 2.70. The molecule has 0 spiro atoms. The highest BCUT2D eigenvalue weighted by atomic mass is 32.1. The number of nitrogens with zero attached hydrogens (tertiary/aromatic N) is 1. The van der Waals surface area contributed by atoms with Crippen LogP contribution in [0.15, 0.2) is 4.99 Å². The van der Waals surface area contributed by atoms with E-state index in [2.05, 4.69) is 33.6 Å². The van der Waals surface area contributed by atoms with E-state index in [1.165, 1.54) is 0 Å². The summed E-state index contributed by atoms with van der Waals surface area (Å²) in [6.07, 6.45) is 1.05. The standard InChI is InChI=1S/C17H33N7O5S/c1-3-9(2)13(24-14(26)10(18)8-30)15(27)22-7-12(25)23-11(16(28)29)5-4-6-21-17(19)20/h9-11,13,30H,3-8,18H2,1-2H3,(H,22,27)(H,23,25)(H,24,26)(H,28,29)(H4,19,20,21). The maximum Gasteiger partial charge on any atom is 0.326 e. The quantitative estimate of drug-likeness (QED) is 0.0615. The summed E-state index contributed by atoms with van der Waals surface area (Å²) < 4.78 is 0. The number of rotatable bonds is 14. The molecule has 0 aromatic heterocycles. The van der Waals surface area contributed by atoms with Crippen molar-refractivity contribution in [1.82, 2.24) is 16.0 Å². The van der Waals surface area contributed by atoms with Crippen LogP contribution < -0.4 is 33.2 Å². The molecule has 3 amide bonds. The van der Waals surface area contributed by atoms with E-state index >= 15 is 0 Å². The van der Waals surface area contributed by atoms with Crippen LogP contribution in [-0.4, -0.2) is 71.7 Å². The van der Waals surface area contributed by atoms with Gasteiger partial charge in [0.2, 0.25) is 17.7 Å². The summed E-state index contributed by atoms with van der Waals surface area (Å²) in [6, 6.07) is -2.91. The van der Waals surface area contributed by atoms with Gasteiger partial charge in [0.05, 0.1) is 12.6 Å². The topological polar surface area (TPSA) is 215 Å². The van der Waals surface area contributed by atoms with E-state index in [-0.39, 0.29) is 30.6 Å². The van der Waals surface area contributed by atoms with E-state index in [0.29, 0.717) is 12.8 Å². The number of aliphatic carboxylic acids is 1. The number of thiol groups is 1. The maximum absolute atomic E-state index is 12.5. The Morgan fingerprint density at radius 2 is 1.77 bits per heavy atom. The van der Waals surface area contributed by atoms with Gasteiger partial charge in [-0.2, -0.15) is 12.6 Å². The highest BCUT2D eigenvalue weighted by molar-refractivity contribution is 7.80. The van der Waals surface area contributed by atoms with E-state index in [0.717, 1.165) is 0 Å². The molecule has 0 bridgehead atoms. The number of hydrogen-bond acceptors (Lipinski definition) is 7. The number of nitrogens with one attached hydrogen (secondary N) is 3. The molecule has 10 N–H and O–H groups in total. The number of hydrogen-bond donors (Lipinski definition) is 8. The van der Waals surface area contributed by atoms with E-state index in [9.17, 15) is 24.3 Å². The zero-order chi connectivity index (χ0) is 23.3. The lowest BCUT2D eigenvalue weighted by molar-refractivity contribution is -0.142. The molecule has 0 radical (unpaired) electrons. The van der Waals surface area contributed by atoms with Gasteiger partial charge in [0.15, 0.2) is 5.96 Å². The first kappa shape index (κ1) is 27.5. The fourth-order valence-electron chi connectivity index (χ4n) is 2.33. The molecule has 0 aliphatic carbocycles. The number of carbonyl (C=O) groups excluding carboxylic acids is 3. The van der Waals surface area contributed by atoms with Crippen molar-refractivity contribution in [3.05, 3.63) is 0 Å². The van der Waals surface area contributed by atoms with Gasteiger partial charge in [-0.1, -0.05) is 20.3 Å². The molecule has 0 rings (SSSR count). The van der Waals surface area contributed by atoms with Crippen LogP contribution in [0.3, 0.4) is 0 Å². The number of amides is 3. The second-order valence-electron chi connectivity index (χ2n) is 6.79. The lowest BCUT2D eigenvalue weighted by Crippen LogP contribution is -2.56. The smallest absolute Gasteiger partial charge is 0.326 e. The van der Waals surface area contributed by atoms with Gasteiger partial charge in [0.1, 0.15) is 12.1 Å². The van der Waals surface area contributed by atoms with Crippen LogP contribution in [0, 0.1) is 5.92 Å². The highest BCUT2D eigenvalue weighted by Crippen LogP contribution is 2.08. The van der Waals surface area contributed by atoms with E-state index in [1.54, 1.807) is 6.92 Å². The van der Waals surface area contributed by atoms with Gasteiger partial charge in [-0.15, -0.1) is 0 Å². The first-order valence-corrected chi connectivity index (χ1v) is 10.2. The second-order valence-corrected chi connectivity index (χ2v) is 7.15. The Hall–Kier alpha value is -2.54. The summed E-state index contributed by atoms with van der Waals surface area (Å²) in [5.41, 5.74) is 16.0. The molecule has 0 heterocycles. The van der Waals surface area contributed by atoms with Gasteiger partial charge in [-0.3, -0.25) is 19.4 Å². The molecule has 0 aromatic carbocycles. The van der Waals surface area contributed by atoms with Crippen molar-refractivity contribution in [2.75, 3.05) is 18.8 Å². The monoisotopic (exact) mass is 447 g/mol. The van der Waals surface area contributed by atoms with Crippen LogP contribution in [0.5, 0.6) is 0 Å². The van der Waals surface area contributed by atoms with Gasteiger partial charge < -0.3 is 38.3 Å².